The number of nitrogens with one attached hydrogen (secondary N) is 2. The highest BCUT2D eigenvalue weighted by Crippen LogP contribution is 2.36. The zero-order chi connectivity index (χ0) is 20.1. The first kappa shape index (κ1) is 20.0. The average Bonchev–Trinajstić information content (AvgIpc) is 2.68. The molecule has 0 radical (unpaired) electrons. The molecule has 5 nitrogen and oxygen atoms in total. The minimum absolute atomic E-state index is 0.0381. The lowest BCUT2D eigenvalue weighted by atomic mass is 9.97. The zero-order valence-corrected chi connectivity index (χ0v) is 15.6. The number of alkyl halides is 3. The fraction of sp³-hybridized carbons (Fsp3) is 0.400. The molecule has 2 N–H and O–H groups in total. The summed E-state index contributed by atoms with van der Waals surface area (Å²) in [6.45, 7) is 3.30. The Bertz CT molecular complexity index is 808. The third kappa shape index (κ3) is 5.15. The molecule has 2 heterocycles. The largest absolute Gasteiger partial charge is 0.419 e. The van der Waals surface area contributed by atoms with Crippen LogP contribution in [0.1, 0.15) is 24.0 Å². The molecular formula is C20H23F3N4O. The Morgan fingerprint density at radius 2 is 2.00 bits per heavy atom. The number of benzene rings is 1. The van der Waals surface area contributed by atoms with E-state index in [-0.39, 0.29) is 17.8 Å². The molecule has 0 saturated carbocycles. The summed E-state index contributed by atoms with van der Waals surface area (Å²) in [5.74, 6) is 0.0180. The molecule has 2 aromatic rings. The molecule has 1 saturated heterocycles. The highest BCUT2D eigenvalue weighted by molar-refractivity contribution is 5.89. The van der Waals surface area contributed by atoms with Gasteiger partial charge < -0.3 is 15.5 Å². The summed E-state index contributed by atoms with van der Waals surface area (Å²) in [5, 5.41) is 5.57. The zero-order valence-electron chi connectivity index (χ0n) is 15.6. The molecule has 1 aromatic carbocycles. The van der Waals surface area contributed by atoms with Crippen LogP contribution >= 0.6 is 0 Å². The second kappa shape index (κ2) is 8.50. The molecule has 1 fully saturated rings. The summed E-state index contributed by atoms with van der Waals surface area (Å²) < 4.78 is 39.8. The van der Waals surface area contributed by atoms with Crippen molar-refractivity contribution in [2.75, 3.05) is 29.9 Å². The number of aryl methyl sites for hydroxylation is 1. The molecule has 1 aromatic heterocycles. The van der Waals surface area contributed by atoms with Gasteiger partial charge in [-0.25, -0.2) is 9.78 Å². The summed E-state index contributed by atoms with van der Waals surface area (Å²) in [4.78, 5) is 17.7. The molecule has 2 amide bonds. The fourth-order valence-corrected chi connectivity index (χ4v) is 3.34. The van der Waals surface area contributed by atoms with Gasteiger partial charge in [-0.3, -0.25) is 0 Å². The first-order chi connectivity index (χ1) is 13.3. The molecule has 28 heavy (non-hydrogen) atoms. The lowest BCUT2D eigenvalue weighted by Crippen LogP contribution is -2.42. The maximum atomic E-state index is 13.3. The Kier molecular flexibility index (Phi) is 6.06. The molecule has 8 heteroatoms. The quantitative estimate of drug-likeness (QED) is 0.808. The molecule has 3 rings (SSSR count). The van der Waals surface area contributed by atoms with Crippen molar-refractivity contribution in [3.8, 4) is 0 Å². The van der Waals surface area contributed by atoms with Crippen LogP contribution in [0.2, 0.25) is 0 Å². The third-order valence-corrected chi connectivity index (χ3v) is 4.77. The van der Waals surface area contributed by atoms with E-state index in [0.717, 1.165) is 24.5 Å². The van der Waals surface area contributed by atoms with Crippen LogP contribution in [0.4, 0.5) is 29.5 Å². The van der Waals surface area contributed by atoms with E-state index < -0.39 is 11.7 Å². The number of hydrogen-bond acceptors (Lipinski definition) is 3. The van der Waals surface area contributed by atoms with Gasteiger partial charge in [0.05, 0.1) is 5.56 Å². The van der Waals surface area contributed by atoms with E-state index in [4.69, 9.17) is 0 Å². The van der Waals surface area contributed by atoms with Crippen LogP contribution < -0.4 is 15.5 Å². The van der Waals surface area contributed by atoms with Gasteiger partial charge in [0, 0.05) is 31.5 Å². The minimum atomic E-state index is -4.44. The van der Waals surface area contributed by atoms with Crippen molar-refractivity contribution < 1.29 is 18.0 Å². The van der Waals surface area contributed by atoms with Crippen LogP contribution in [0, 0.1) is 12.8 Å². The Morgan fingerprint density at radius 1 is 1.25 bits per heavy atom. The SMILES string of the molecule is Cc1ccc(NC(=O)NCC2CCCN(c3ncccc3C(F)(F)F)C2)cc1. The van der Waals surface area contributed by atoms with Gasteiger partial charge in [0.1, 0.15) is 5.82 Å². The molecule has 150 valence electrons. The lowest BCUT2D eigenvalue weighted by Gasteiger charge is -2.34. The van der Waals surface area contributed by atoms with Crippen molar-refractivity contribution in [2.45, 2.75) is 25.9 Å². The topological polar surface area (TPSA) is 57.3 Å². The Morgan fingerprint density at radius 3 is 2.71 bits per heavy atom. The standard InChI is InChI=1S/C20H23F3N4O/c1-14-6-8-16(9-7-14)26-19(28)25-12-15-4-3-11-27(13-15)18-17(20(21,22)23)5-2-10-24-18/h2,5-10,15H,3-4,11-13H2,1H3,(H2,25,26,28). The number of carbonyl (C=O) groups is 1. The number of halogens is 3. The number of anilines is 2. The van der Waals surface area contributed by atoms with Crippen molar-refractivity contribution in [1.82, 2.24) is 10.3 Å². The number of piperidine rings is 1. The number of urea groups is 1. The summed E-state index contributed by atoms with van der Waals surface area (Å²) in [6, 6.07) is 9.46. The molecule has 0 aliphatic carbocycles. The second-order valence-electron chi connectivity index (χ2n) is 7.03. The van der Waals surface area contributed by atoms with E-state index >= 15 is 0 Å². The number of hydrogen-bond donors (Lipinski definition) is 2. The van der Waals surface area contributed by atoms with Crippen LogP contribution in [0.3, 0.4) is 0 Å². The molecule has 0 bridgehead atoms. The van der Waals surface area contributed by atoms with Gasteiger partial charge in [-0.05, 0) is 49.9 Å². The Labute approximate surface area is 162 Å². The molecule has 0 spiro atoms. The van der Waals surface area contributed by atoms with E-state index in [2.05, 4.69) is 15.6 Å². The van der Waals surface area contributed by atoms with E-state index in [9.17, 15) is 18.0 Å². The van der Waals surface area contributed by atoms with Gasteiger partial charge >= 0.3 is 12.2 Å². The predicted molar refractivity (Wildman–Crippen MR) is 102 cm³/mol. The normalized spacial score (nSPS) is 17.3. The summed E-state index contributed by atoms with van der Waals surface area (Å²) in [7, 11) is 0. The van der Waals surface area contributed by atoms with Gasteiger partial charge in [-0.1, -0.05) is 17.7 Å². The lowest BCUT2D eigenvalue weighted by molar-refractivity contribution is -0.137. The number of nitrogens with zero attached hydrogens (tertiary/aromatic N) is 2. The van der Waals surface area contributed by atoms with Gasteiger partial charge in [0.25, 0.3) is 0 Å². The maximum Gasteiger partial charge on any atom is 0.419 e. The molecule has 1 aliphatic rings. The van der Waals surface area contributed by atoms with Crippen molar-refractivity contribution >= 4 is 17.5 Å². The fourth-order valence-electron chi connectivity index (χ4n) is 3.34. The van der Waals surface area contributed by atoms with Crippen molar-refractivity contribution in [2.24, 2.45) is 5.92 Å². The summed E-state index contributed by atoms with van der Waals surface area (Å²) >= 11 is 0. The van der Waals surface area contributed by atoms with Crippen LogP contribution in [0.25, 0.3) is 0 Å². The van der Waals surface area contributed by atoms with Gasteiger partial charge in [-0.15, -0.1) is 0 Å². The number of aromatic nitrogens is 1. The van der Waals surface area contributed by atoms with Crippen LogP contribution in [0.15, 0.2) is 42.6 Å². The minimum Gasteiger partial charge on any atom is -0.356 e. The van der Waals surface area contributed by atoms with E-state index in [1.165, 1.54) is 12.3 Å². The highest BCUT2D eigenvalue weighted by Gasteiger charge is 2.36. The summed E-state index contributed by atoms with van der Waals surface area (Å²) in [6.07, 6.45) is -1.47. The van der Waals surface area contributed by atoms with Crippen molar-refractivity contribution in [1.29, 1.82) is 0 Å². The van der Waals surface area contributed by atoms with Crippen LogP contribution in [-0.2, 0) is 6.18 Å². The van der Waals surface area contributed by atoms with Gasteiger partial charge in [-0.2, -0.15) is 13.2 Å². The van der Waals surface area contributed by atoms with Crippen molar-refractivity contribution in [3.05, 3.63) is 53.7 Å². The summed E-state index contributed by atoms with van der Waals surface area (Å²) in [5.41, 5.74) is 1.07. The highest BCUT2D eigenvalue weighted by atomic mass is 19.4. The van der Waals surface area contributed by atoms with E-state index in [1.807, 2.05) is 31.2 Å². The molecule has 1 aliphatic heterocycles. The molecule has 1 unspecified atom stereocenters. The maximum absolute atomic E-state index is 13.3. The predicted octanol–water partition coefficient (Wildman–Crippen LogP) is 4.45. The second-order valence-corrected chi connectivity index (χ2v) is 7.03. The molecule has 1 atom stereocenters. The van der Waals surface area contributed by atoms with Gasteiger partial charge in [0.2, 0.25) is 0 Å². The first-order valence-corrected chi connectivity index (χ1v) is 9.21. The Hall–Kier alpha value is -2.77. The van der Waals surface area contributed by atoms with Crippen molar-refractivity contribution in [3.63, 3.8) is 0 Å². The number of amides is 2. The Balaban J connectivity index is 1.57. The average molecular weight is 392 g/mol. The van der Waals surface area contributed by atoms with Crippen LogP contribution in [0.5, 0.6) is 0 Å². The first-order valence-electron chi connectivity index (χ1n) is 9.21. The van der Waals surface area contributed by atoms with E-state index in [0.29, 0.717) is 25.3 Å². The smallest absolute Gasteiger partial charge is 0.356 e. The molecular weight excluding hydrogens is 369 g/mol. The number of pyridine rings is 1. The van der Waals surface area contributed by atoms with E-state index in [1.54, 1.807) is 4.90 Å². The number of carbonyl (C=O) groups excluding carboxylic acids is 1. The monoisotopic (exact) mass is 392 g/mol. The van der Waals surface area contributed by atoms with Crippen LogP contribution in [-0.4, -0.2) is 30.6 Å². The van der Waals surface area contributed by atoms with Gasteiger partial charge in [0.15, 0.2) is 0 Å². The third-order valence-electron chi connectivity index (χ3n) is 4.77. The number of rotatable bonds is 4.